The molecule has 1 saturated carbocycles. The van der Waals surface area contributed by atoms with E-state index in [1.165, 1.54) is 4.90 Å². The van der Waals surface area contributed by atoms with E-state index in [9.17, 15) is 13.2 Å². The molecule has 110 valence electrons. The SMILES string of the molecule is N/C(=N/O)c1c(Br)cccc1N(CC(F)(F)F)C1CC1. The Bertz CT molecular complexity index is 529. The second kappa shape index (κ2) is 5.51. The number of nitrogens with two attached hydrogens (primary N) is 1. The molecule has 0 spiro atoms. The average Bonchev–Trinajstić information content (AvgIpc) is 3.18. The minimum atomic E-state index is -4.31. The fourth-order valence-electron chi connectivity index (χ4n) is 2.05. The molecule has 4 nitrogen and oxygen atoms in total. The molecule has 0 atom stereocenters. The standard InChI is InChI=1S/C12H13BrF3N3O/c13-8-2-1-3-9(10(8)11(17)18-20)19(7-4-5-7)6-12(14,15)16/h1-3,7,20H,4-6H2,(H2,17,18). The molecule has 1 aliphatic rings. The molecule has 0 unspecified atom stereocenters. The molecular formula is C12H13BrF3N3O. The van der Waals surface area contributed by atoms with E-state index in [0.29, 0.717) is 23.0 Å². The van der Waals surface area contributed by atoms with Gasteiger partial charge < -0.3 is 15.8 Å². The summed E-state index contributed by atoms with van der Waals surface area (Å²) in [6.07, 6.45) is -2.90. The summed E-state index contributed by atoms with van der Waals surface area (Å²) in [7, 11) is 0. The Morgan fingerprint density at radius 3 is 2.60 bits per heavy atom. The number of halogens is 4. The molecule has 2 rings (SSSR count). The number of oxime groups is 1. The Morgan fingerprint density at radius 1 is 1.45 bits per heavy atom. The molecule has 0 amide bonds. The monoisotopic (exact) mass is 351 g/mol. The molecule has 0 aliphatic heterocycles. The topological polar surface area (TPSA) is 61.9 Å². The third-order valence-electron chi connectivity index (χ3n) is 3.00. The van der Waals surface area contributed by atoms with Gasteiger partial charge in [0.25, 0.3) is 0 Å². The zero-order chi connectivity index (χ0) is 14.9. The van der Waals surface area contributed by atoms with E-state index in [2.05, 4.69) is 21.1 Å². The van der Waals surface area contributed by atoms with Crippen molar-refractivity contribution in [2.75, 3.05) is 11.4 Å². The fourth-order valence-corrected chi connectivity index (χ4v) is 2.60. The Labute approximate surface area is 122 Å². The summed E-state index contributed by atoms with van der Waals surface area (Å²) < 4.78 is 38.7. The normalized spacial score (nSPS) is 16.3. The molecule has 1 aromatic carbocycles. The van der Waals surface area contributed by atoms with Crippen LogP contribution < -0.4 is 10.6 Å². The summed E-state index contributed by atoms with van der Waals surface area (Å²) in [5, 5.41) is 11.7. The lowest BCUT2D eigenvalue weighted by Crippen LogP contribution is -2.37. The number of nitrogens with zero attached hydrogens (tertiary/aromatic N) is 2. The van der Waals surface area contributed by atoms with Crippen LogP contribution >= 0.6 is 15.9 Å². The van der Waals surface area contributed by atoms with Crippen LogP contribution in [0.15, 0.2) is 27.8 Å². The van der Waals surface area contributed by atoms with Gasteiger partial charge in [-0.2, -0.15) is 13.2 Å². The number of amidine groups is 1. The highest BCUT2D eigenvalue weighted by molar-refractivity contribution is 9.10. The summed E-state index contributed by atoms with van der Waals surface area (Å²) in [5.74, 6) is -0.222. The molecule has 1 aromatic rings. The van der Waals surface area contributed by atoms with Gasteiger partial charge in [0.1, 0.15) is 6.54 Å². The summed E-state index contributed by atoms with van der Waals surface area (Å²) >= 11 is 3.23. The third kappa shape index (κ3) is 3.36. The average molecular weight is 352 g/mol. The first-order chi connectivity index (χ1) is 9.33. The van der Waals surface area contributed by atoms with Crippen molar-refractivity contribution < 1.29 is 18.4 Å². The minimum absolute atomic E-state index is 0.156. The lowest BCUT2D eigenvalue weighted by atomic mass is 10.1. The molecule has 0 heterocycles. The van der Waals surface area contributed by atoms with Gasteiger partial charge in [0.15, 0.2) is 5.84 Å². The van der Waals surface area contributed by atoms with Gasteiger partial charge in [0.2, 0.25) is 0 Å². The Balaban J connectivity index is 2.46. The van der Waals surface area contributed by atoms with E-state index in [-0.39, 0.29) is 17.4 Å². The first kappa shape index (κ1) is 15.0. The molecular weight excluding hydrogens is 339 g/mol. The van der Waals surface area contributed by atoms with E-state index in [1.807, 2.05) is 0 Å². The van der Waals surface area contributed by atoms with Crippen molar-refractivity contribution in [3.05, 3.63) is 28.2 Å². The maximum atomic E-state index is 12.7. The number of alkyl halides is 3. The van der Waals surface area contributed by atoms with Crippen LogP contribution in [0.3, 0.4) is 0 Å². The van der Waals surface area contributed by atoms with Crippen LogP contribution in [-0.2, 0) is 0 Å². The van der Waals surface area contributed by atoms with E-state index in [4.69, 9.17) is 10.9 Å². The number of benzene rings is 1. The van der Waals surface area contributed by atoms with Gasteiger partial charge in [0.05, 0.1) is 5.56 Å². The molecule has 3 N–H and O–H groups in total. The van der Waals surface area contributed by atoms with Crippen molar-refractivity contribution in [3.8, 4) is 0 Å². The van der Waals surface area contributed by atoms with Crippen molar-refractivity contribution in [1.29, 1.82) is 0 Å². The van der Waals surface area contributed by atoms with Gasteiger partial charge in [0, 0.05) is 16.2 Å². The maximum absolute atomic E-state index is 12.7. The molecule has 0 aromatic heterocycles. The Hall–Kier alpha value is -1.44. The Kier molecular flexibility index (Phi) is 4.12. The van der Waals surface area contributed by atoms with Crippen molar-refractivity contribution in [2.45, 2.75) is 25.1 Å². The third-order valence-corrected chi connectivity index (χ3v) is 3.66. The smallest absolute Gasteiger partial charge is 0.405 e. The first-order valence-electron chi connectivity index (χ1n) is 5.93. The van der Waals surface area contributed by atoms with E-state index in [0.717, 1.165) is 0 Å². The van der Waals surface area contributed by atoms with Crippen molar-refractivity contribution in [2.24, 2.45) is 10.9 Å². The highest BCUT2D eigenvalue weighted by Crippen LogP contribution is 2.37. The number of hydrogen-bond acceptors (Lipinski definition) is 3. The van der Waals surface area contributed by atoms with Gasteiger partial charge >= 0.3 is 6.18 Å². The van der Waals surface area contributed by atoms with Crippen LogP contribution in [0.4, 0.5) is 18.9 Å². The highest BCUT2D eigenvalue weighted by atomic mass is 79.9. The number of rotatable bonds is 4. The maximum Gasteiger partial charge on any atom is 0.405 e. The second-order valence-electron chi connectivity index (χ2n) is 4.59. The van der Waals surface area contributed by atoms with E-state index in [1.54, 1.807) is 18.2 Å². The summed E-state index contributed by atoms with van der Waals surface area (Å²) in [4.78, 5) is 1.26. The molecule has 20 heavy (non-hydrogen) atoms. The molecule has 8 heteroatoms. The molecule has 1 fully saturated rings. The minimum Gasteiger partial charge on any atom is -0.409 e. The zero-order valence-corrected chi connectivity index (χ0v) is 11.9. The summed E-state index contributed by atoms with van der Waals surface area (Å²) in [6.45, 7) is -1.06. The molecule has 1 aliphatic carbocycles. The predicted molar refractivity (Wildman–Crippen MR) is 73.1 cm³/mol. The quantitative estimate of drug-likeness (QED) is 0.379. The van der Waals surface area contributed by atoms with Crippen LogP contribution in [0.5, 0.6) is 0 Å². The van der Waals surface area contributed by atoms with Crippen LogP contribution in [0.2, 0.25) is 0 Å². The second-order valence-corrected chi connectivity index (χ2v) is 5.45. The van der Waals surface area contributed by atoms with Gasteiger partial charge in [-0.25, -0.2) is 0 Å². The van der Waals surface area contributed by atoms with Crippen LogP contribution in [0.1, 0.15) is 18.4 Å². The Morgan fingerprint density at radius 2 is 2.10 bits per heavy atom. The molecule has 0 saturated heterocycles. The van der Waals surface area contributed by atoms with Gasteiger partial charge in [-0.1, -0.05) is 11.2 Å². The van der Waals surface area contributed by atoms with Gasteiger partial charge in [-0.3, -0.25) is 0 Å². The van der Waals surface area contributed by atoms with Crippen LogP contribution in [0, 0.1) is 0 Å². The largest absolute Gasteiger partial charge is 0.409 e. The lowest BCUT2D eigenvalue weighted by molar-refractivity contribution is -0.120. The van der Waals surface area contributed by atoms with Gasteiger partial charge in [-0.15, -0.1) is 0 Å². The van der Waals surface area contributed by atoms with Crippen molar-refractivity contribution in [1.82, 2.24) is 0 Å². The van der Waals surface area contributed by atoms with E-state index < -0.39 is 12.7 Å². The first-order valence-corrected chi connectivity index (χ1v) is 6.72. The van der Waals surface area contributed by atoms with Crippen LogP contribution in [-0.4, -0.2) is 29.8 Å². The zero-order valence-electron chi connectivity index (χ0n) is 10.4. The van der Waals surface area contributed by atoms with Crippen LogP contribution in [0.25, 0.3) is 0 Å². The van der Waals surface area contributed by atoms with E-state index >= 15 is 0 Å². The van der Waals surface area contributed by atoms with Crippen molar-refractivity contribution >= 4 is 27.5 Å². The fraction of sp³-hybridized carbons (Fsp3) is 0.417. The molecule has 0 radical (unpaired) electrons. The summed E-state index contributed by atoms with van der Waals surface area (Å²) in [6, 6.07) is 4.65. The lowest BCUT2D eigenvalue weighted by Gasteiger charge is -2.28. The van der Waals surface area contributed by atoms with Gasteiger partial charge in [-0.05, 0) is 40.9 Å². The number of anilines is 1. The molecule has 0 bridgehead atoms. The van der Waals surface area contributed by atoms with Crippen molar-refractivity contribution in [3.63, 3.8) is 0 Å². The highest BCUT2D eigenvalue weighted by Gasteiger charge is 2.39. The number of hydrogen-bond donors (Lipinski definition) is 2. The predicted octanol–water partition coefficient (Wildman–Crippen LogP) is 3.07. The summed E-state index contributed by atoms with van der Waals surface area (Å²) in [5.41, 5.74) is 6.16.